The monoisotopic (exact) mass is 466 g/mol. The highest BCUT2D eigenvalue weighted by Crippen LogP contribution is 2.44. The largest absolute Gasteiger partial charge is 0.481 e. The quantitative estimate of drug-likeness (QED) is 0.660. The summed E-state index contributed by atoms with van der Waals surface area (Å²) >= 11 is 0. The van der Waals surface area contributed by atoms with Crippen LogP contribution in [0.4, 0.5) is 9.59 Å². The van der Waals surface area contributed by atoms with Crippen molar-refractivity contribution in [3.05, 3.63) is 59.7 Å². The molecule has 2 N–H and O–H groups in total. The van der Waals surface area contributed by atoms with Gasteiger partial charge in [0.25, 0.3) is 0 Å². The molecule has 34 heavy (non-hydrogen) atoms. The molecule has 0 radical (unpaired) electrons. The van der Waals surface area contributed by atoms with Gasteiger partial charge in [0.1, 0.15) is 12.2 Å². The molecule has 1 heterocycles. The molecule has 2 aromatic rings. The standard InChI is InChI=1S/C26H30N2O6/c1-25(2,3)34-24(32)28-15-26(16-28,12-22(29)30)14-27-23(31)33-13-21-19-10-6-4-8-17(19)18-9-5-7-11-20(18)21/h4-11,21H,12-16H2,1-3H3,(H,27,31)(H,29,30). The first-order valence-electron chi connectivity index (χ1n) is 11.4. The average molecular weight is 467 g/mol. The zero-order valence-corrected chi connectivity index (χ0v) is 19.7. The minimum absolute atomic E-state index is 0.0579. The number of carbonyl (C=O) groups excluding carboxylic acids is 2. The van der Waals surface area contributed by atoms with Crippen molar-refractivity contribution in [1.29, 1.82) is 0 Å². The fourth-order valence-corrected chi connectivity index (χ4v) is 4.74. The molecule has 2 aliphatic rings. The molecule has 8 heteroatoms. The fraction of sp³-hybridized carbons (Fsp3) is 0.423. The Morgan fingerprint density at radius 1 is 1.03 bits per heavy atom. The second-order valence-corrected chi connectivity index (χ2v) is 10.1. The topological polar surface area (TPSA) is 105 Å². The van der Waals surface area contributed by atoms with E-state index < -0.39 is 29.2 Å². The first-order chi connectivity index (χ1) is 16.1. The summed E-state index contributed by atoms with van der Waals surface area (Å²) in [6.45, 7) is 5.97. The van der Waals surface area contributed by atoms with Crippen molar-refractivity contribution in [3.63, 3.8) is 0 Å². The molecule has 2 amide bonds. The number of benzene rings is 2. The minimum Gasteiger partial charge on any atom is -0.481 e. The molecule has 0 unspecified atom stereocenters. The van der Waals surface area contributed by atoms with Gasteiger partial charge in [-0.3, -0.25) is 4.79 Å². The number of rotatable bonds is 6. The number of aliphatic carboxylic acids is 1. The Morgan fingerprint density at radius 2 is 1.59 bits per heavy atom. The molecule has 0 spiro atoms. The maximum atomic E-state index is 12.5. The number of carbonyl (C=O) groups is 3. The number of alkyl carbamates (subject to hydrolysis) is 1. The van der Waals surface area contributed by atoms with E-state index in [0.29, 0.717) is 0 Å². The molecule has 1 aliphatic heterocycles. The SMILES string of the molecule is CC(C)(C)OC(=O)N1CC(CNC(=O)OCC2c3ccccc3-c3ccccc32)(CC(=O)O)C1. The van der Waals surface area contributed by atoms with Gasteiger partial charge in [-0.15, -0.1) is 0 Å². The van der Waals surface area contributed by atoms with Crippen LogP contribution in [-0.4, -0.2) is 60.0 Å². The van der Waals surface area contributed by atoms with E-state index in [4.69, 9.17) is 9.47 Å². The van der Waals surface area contributed by atoms with Crippen LogP contribution in [0.5, 0.6) is 0 Å². The first-order valence-corrected chi connectivity index (χ1v) is 11.4. The highest BCUT2D eigenvalue weighted by molar-refractivity contribution is 5.79. The highest BCUT2D eigenvalue weighted by Gasteiger charge is 2.48. The molecular weight excluding hydrogens is 436 g/mol. The summed E-state index contributed by atoms with van der Waals surface area (Å²) in [4.78, 5) is 37.6. The van der Waals surface area contributed by atoms with Crippen molar-refractivity contribution in [2.75, 3.05) is 26.2 Å². The highest BCUT2D eigenvalue weighted by atomic mass is 16.6. The van der Waals surface area contributed by atoms with E-state index in [2.05, 4.69) is 17.4 Å². The van der Waals surface area contributed by atoms with Gasteiger partial charge in [-0.05, 0) is 43.0 Å². The fourth-order valence-electron chi connectivity index (χ4n) is 4.74. The zero-order valence-electron chi connectivity index (χ0n) is 19.7. The number of fused-ring (bicyclic) bond motifs is 3. The van der Waals surface area contributed by atoms with Crippen molar-refractivity contribution in [2.45, 2.75) is 38.7 Å². The molecule has 1 saturated heterocycles. The number of hydrogen-bond donors (Lipinski definition) is 2. The summed E-state index contributed by atoms with van der Waals surface area (Å²) in [5, 5.41) is 12.1. The molecule has 1 fully saturated rings. The summed E-state index contributed by atoms with van der Waals surface area (Å²) in [6, 6.07) is 16.2. The van der Waals surface area contributed by atoms with E-state index in [0.717, 1.165) is 22.3 Å². The Labute approximate surface area is 198 Å². The maximum Gasteiger partial charge on any atom is 0.410 e. The van der Waals surface area contributed by atoms with E-state index in [1.165, 1.54) is 4.90 Å². The summed E-state index contributed by atoms with van der Waals surface area (Å²) in [5.74, 6) is -1.05. The summed E-state index contributed by atoms with van der Waals surface area (Å²) in [6.07, 6.45) is -1.27. The van der Waals surface area contributed by atoms with Crippen LogP contribution in [0.2, 0.25) is 0 Å². The Hall–Kier alpha value is -3.55. The van der Waals surface area contributed by atoms with Crippen molar-refractivity contribution in [3.8, 4) is 11.1 Å². The predicted molar refractivity (Wildman–Crippen MR) is 126 cm³/mol. The predicted octanol–water partition coefficient (Wildman–Crippen LogP) is 4.24. The molecule has 4 rings (SSSR count). The maximum absolute atomic E-state index is 12.5. The van der Waals surface area contributed by atoms with Crippen molar-refractivity contribution in [1.82, 2.24) is 10.2 Å². The lowest BCUT2D eigenvalue weighted by Crippen LogP contribution is -2.63. The molecule has 1 aliphatic carbocycles. The number of amides is 2. The molecular formula is C26H30N2O6. The lowest BCUT2D eigenvalue weighted by Gasteiger charge is -2.49. The van der Waals surface area contributed by atoms with Crippen LogP contribution in [0.3, 0.4) is 0 Å². The Morgan fingerprint density at radius 3 is 2.12 bits per heavy atom. The third kappa shape index (κ3) is 5.00. The number of nitrogens with zero attached hydrogens (tertiary/aromatic N) is 1. The summed E-state index contributed by atoms with van der Waals surface area (Å²) < 4.78 is 10.9. The normalized spacial score (nSPS) is 16.1. The van der Waals surface area contributed by atoms with Gasteiger partial charge in [-0.2, -0.15) is 0 Å². The van der Waals surface area contributed by atoms with Gasteiger partial charge >= 0.3 is 18.2 Å². The van der Waals surface area contributed by atoms with Crippen LogP contribution in [0.15, 0.2) is 48.5 Å². The van der Waals surface area contributed by atoms with Crippen molar-refractivity contribution >= 4 is 18.2 Å². The van der Waals surface area contributed by atoms with E-state index in [1.807, 2.05) is 36.4 Å². The van der Waals surface area contributed by atoms with Gasteiger partial charge in [0.15, 0.2) is 0 Å². The number of nitrogens with one attached hydrogen (secondary N) is 1. The Balaban J connectivity index is 1.34. The second kappa shape index (κ2) is 9.00. The van der Waals surface area contributed by atoms with E-state index >= 15 is 0 Å². The number of carboxylic acid groups (broad SMARTS) is 1. The lowest BCUT2D eigenvalue weighted by atomic mass is 9.77. The number of carboxylic acids is 1. The zero-order chi connectivity index (χ0) is 24.5. The van der Waals surface area contributed by atoms with Crippen LogP contribution in [0, 0.1) is 5.41 Å². The molecule has 8 nitrogen and oxygen atoms in total. The smallest absolute Gasteiger partial charge is 0.410 e. The third-order valence-corrected chi connectivity index (χ3v) is 6.18. The molecule has 0 atom stereocenters. The lowest BCUT2D eigenvalue weighted by molar-refractivity contribution is -0.143. The number of hydrogen-bond acceptors (Lipinski definition) is 5. The van der Waals surface area contributed by atoms with E-state index in [9.17, 15) is 19.5 Å². The summed E-state index contributed by atoms with van der Waals surface area (Å²) in [5.41, 5.74) is 3.13. The number of ether oxygens (including phenoxy) is 2. The van der Waals surface area contributed by atoms with E-state index in [1.54, 1.807) is 20.8 Å². The van der Waals surface area contributed by atoms with Crippen LogP contribution < -0.4 is 5.32 Å². The molecule has 0 saturated carbocycles. The minimum atomic E-state index is -0.988. The van der Waals surface area contributed by atoms with Gasteiger partial charge < -0.3 is 24.8 Å². The third-order valence-electron chi connectivity index (χ3n) is 6.18. The first kappa shape index (κ1) is 23.6. The second-order valence-electron chi connectivity index (χ2n) is 10.1. The summed E-state index contributed by atoms with van der Waals surface area (Å²) in [7, 11) is 0. The molecule has 2 aromatic carbocycles. The molecule has 180 valence electrons. The molecule has 0 bridgehead atoms. The molecule has 0 aromatic heterocycles. The number of likely N-dealkylation sites (tertiary alicyclic amines) is 1. The van der Waals surface area contributed by atoms with Crippen molar-refractivity contribution < 1.29 is 29.0 Å². The van der Waals surface area contributed by atoms with Gasteiger partial charge in [0.2, 0.25) is 0 Å². The Bertz CT molecular complexity index is 1050. The van der Waals surface area contributed by atoms with Crippen LogP contribution in [0.1, 0.15) is 44.2 Å². The van der Waals surface area contributed by atoms with Gasteiger partial charge in [0.05, 0.1) is 6.42 Å². The average Bonchev–Trinajstić information content (AvgIpc) is 3.06. The van der Waals surface area contributed by atoms with Gasteiger partial charge in [0, 0.05) is 31.0 Å². The Kier molecular flexibility index (Phi) is 6.25. The van der Waals surface area contributed by atoms with Gasteiger partial charge in [-0.25, -0.2) is 9.59 Å². The van der Waals surface area contributed by atoms with Crippen LogP contribution >= 0.6 is 0 Å². The van der Waals surface area contributed by atoms with Crippen LogP contribution in [0.25, 0.3) is 11.1 Å². The van der Waals surface area contributed by atoms with Gasteiger partial charge in [-0.1, -0.05) is 48.5 Å². The van der Waals surface area contributed by atoms with E-state index in [-0.39, 0.29) is 38.6 Å². The van der Waals surface area contributed by atoms with Crippen molar-refractivity contribution in [2.24, 2.45) is 5.41 Å². The van der Waals surface area contributed by atoms with Crippen LogP contribution in [-0.2, 0) is 14.3 Å².